The van der Waals surface area contributed by atoms with Gasteiger partial charge in [0.1, 0.15) is 0 Å². The molecule has 2 rings (SSSR count). The van der Waals surface area contributed by atoms with Crippen molar-refractivity contribution in [1.29, 1.82) is 0 Å². The smallest absolute Gasteiger partial charge is 0.0555 e. The van der Waals surface area contributed by atoms with Crippen LogP contribution in [0.25, 0.3) is 0 Å². The van der Waals surface area contributed by atoms with Crippen molar-refractivity contribution in [3.05, 3.63) is 0 Å². The molecule has 0 bridgehead atoms. The minimum absolute atomic E-state index is 0.0378. The molecule has 0 aromatic heterocycles. The molecule has 0 saturated heterocycles. The first-order valence-corrected chi connectivity index (χ1v) is 6.60. The van der Waals surface area contributed by atoms with Gasteiger partial charge in [-0.25, -0.2) is 0 Å². The molecule has 0 aliphatic heterocycles. The maximum atomic E-state index is 9.73. The molecule has 2 aliphatic carbocycles. The molecule has 0 radical (unpaired) electrons. The van der Waals surface area contributed by atoms with Crippen molar-refractivity contribution >= 4 is 0 Å². The molecule has 2 saturated carbocycles. The topological polar surface area (TPSA) is 23.5 Å². The highest BCUT2D eigenvalue weighted by Gasteiger charge is 2.31. The fourth-order valence-corrected chi connectivity index (χ4v) is 2.82. The van der Waals surface area contributed by atoms with Gasteiger partial charge in [-0.15, -0.1) is 0 Å². The van der Waals surface area contributed by atoms with Crippen LogP contribution in [0.3, 0.4) is 0 Å². The number of aliphatic hydroxyl groups is 1. The van der Waals surface area contributed by atoms with E-state index in [9.17, 15) is 5.11 Å². The van der Waals surface area contributed by atoms with E-state index in [1.807, 2.05) is 0 Å². The highest BCUT2D eigenvalue weighted by atomic mass is 16.3. The van der Waals surface area contributed by atoms with Gasteiger partial charge in [0.05, 0.1) is 6.10 Å². The van der Waals surface area contributed by atoms with Gasteiger partial charge in [0.2, 0.25) is 0 Å². The Bertz CT molecular complexity index is 201. The summed E-state index contributed by atoms with van der Waals surface area (Å²) in [6.45, 7) is 5.86. The van der Waals surface area contributed by atoms with E-state index >= 15 is 0 Å². The zero-order chi connectivity index (χ0) is 10.8. The molecular weight excluding hydrogens is 186 g/mol. The van der Waals surface area contributed by atoms with Crippen LogP contribution in [0.2, 0.25) is 0 Å². The molecule has 2 atom stereocenters. The summed E-state index contributed by atoms with van der Waals surface area (Å²) in [5.74, 6) is 0.964. The molecule has 2 aliphatic rings. The third-order valence-electron chi connectivity index (χ3n) is 3.92. The van der Waals surface area contributed by atoms with Crippen molar-refractivity contribution in [2.24, 2.45) is 5.92 Å². The van der Waals surface area contributed by atoms with E-state index in [4.69, 9.17) is 0 Å². The van der Waals surface area contributed by atoms with Crippen molar-refractivity contribution in [2.75, 3.05) is 6.54 Å². The van der Waals surface area contributed by atoms with Gasteiger partial charge in [0, 0.05) is 18.6 Å². The standard InChI is InChI=1S/C13H25NO/c1-10(2)14(9-11-6-7-11)12-4-3-5-13(15)8-12/h10-13,15H,3-9H2,1-2H3. The first kappa shape index (κ1) is 11.4. The number of hydrogen-bond acceptors (Lipinski definition) is 2. The number of rotatable bonds is 4. The lowest BCUT2D eigenvalue weighted by molar-refractivity contribution is 0.0448. The first-order chi connectivity index (χ1) is 7.16. The minimum Gasteiger partial charge on any atom is -0.393 e. The third-order valence-corrected chi connectivity index (χ3v) is 3.92. The molecule has 2 heteroatoms. The van der Waals surface area contributed by atoms with Gasteiger partial charge in [-0.3, -0.25) is 4.90 Å². The van der Waals surface area contributed by atoms with Gasteiger partial charge < -0.3 is 5.11 Å². The summed E-state index contributed by atoms with van der Waals surface area (Å²) in [6, 6.07) is 1.29. The number of hydrogen-bond donors (Lipinski definition) is 1. The SMILES string of the molecule is CC(C)N(CC1CC1)C1CCCC(O)C1. The Balaban J connectivity index is 1.89. The summed E-state index contributed by atoms with van der Waals surface area (Å²) in [6.07, 6.45) is 7.35. The average molecular weight is 211 g/mol. The highest BCUT2D eigenvalue weighted by molar-refractivity contribution is 4.86. The largest absolute Gasteiger partial charge is 0.393 e. The van der Waals surface area contributed by atoms with E-state index in [1.165, 1.54) is 32.2 Å². The Labute approximate surface area is 93.7 Å². The lowest BCUT2D eigenvalue weighted by Crippen LogP contribution is -2.45. The molecule has 88 valence electrons. The van der Waals surface area contributed by atoms with Crippen LogP contribution in [0.1, 0.15) is 52.4 Å². The van der Waals surface area contributed by atoms with E-state index < -0.39 is 0 Å². The second-order valence-electron chi connectivity index (χ2n) is 5.71. The van der Waals surface area contributed by atoms with E-state index in [-0.39, 0.29) is 6.10 Å². The van der Waals surface area contributed by atoms with Crippen LogP contribution in [0.5, 0.6) is 0 Å². The zero-order valence-electron chi connectivity index (χ0n) is 10.2. The van der Waals surface area contributed by atoms with Crippen LogP contribution in [0, 0.1) is 5.92 Å². The predicted molar refractivity (Wildman–Crippen MR) is 62.8 cm³/mol. The third kappa shape index (κ3) is 3.18. The summed E-state index contributed by atoms with van der Waals surface area (Å²) in [7, 11) is 0. The fraction of sp³-hybridized carbons (Fsp3) is 1.00. The Hall–Kier alpha value is -0.0800. The van der Waals surface area contributed by atoms with Gasteiger partial charge in [-0.2, -0.15) is 0 Å². The maximum Gasteiger partial charge on any atom is 0.0555 e. The second-order valence-corrected chi connectivity index (χ2v) is 5.71. The first-order valence-electron chi connectivity index (χ1n) is 6.60. The van der Waals surface area contributed by atoms with Crippen LogP contribution in [0.4, 0.5) is 0 Å². The monoisotopic (exact) mass is 211 g/mol. The predicted octanol–water partition coefficient (Wildman–Crippen LogP) is 2.41. The molecule has 0 aromatic rings. The highest BCUT2D eigenvalue weighted by Crippen LogP contribution is 2.33. The molecule has 15 heavy (non-hydrogen) atoms. The summed E-state index contributed by atoms with van der Waals surface area (Å²) >= 11 is 0. The van der Waals surface area contributed by atoms with E-state index in [0.29, 0.717) is 12.1 Å². The van der Waals surface area contributed by atoms with E-state index in [0.717, 1.165) is 18.8 Å². The summed E-state index contributed by atoms with van der Waals surface area (Å²) < 4.78 is 0. The molecule has 0 heterocycles. The molecule has 2 fully saturated rings. The van der Waals surface area contributed by atoms with Crippen molar-refractivity contribution in [2.45, 2.75) is 70.6 Å². The van der Waals surface area contributed by atoms with E-state index in [2.05, 4.69) is 18.7 Å². The lowest BCUT2D eigenvalue weighted by Gasteiger charge is -2.38. The molecule has 0 spiro atoms. The molecule has 2 unspecified atom stereocenters. The Morgan fingerprint density at radius 3 is 2.47 bits per heavy atom. The number of nitrogens with zero attached hydrogens (tertiary/aromatic N) is 1. The van der Waals surface area contributed by atoms with Crippen molar-refractivity contribution in [1.82, 2.24) is 4.90 Å². The Morgan fingerprint density at radius 2 is 1.93 bits per heavy atom. The lowest BCUT2D eigenvalue weighted by atomic mass is 9.91. The summed E-state index contributed by atoms with van der Waals surface area (Å²) in [5.41, 5.74) is 0. The molecular formula is C13H25NO. The quantitative estimate of drug-likeness (QED) is 0.772. The van der Waals surface area contributed by atoms with Crippen LogP contribution in [-0.4, -0.2) is 34.7 Å². The van der Waals surface area contributed by atoms with Crippen LogP contribution < -0.4 is 0 Å². The second kappa shape index (κ2) is 4.84. The number of aliphatic hydroxyl groups excluding tert-OH is 1. The van der Waals surface area contributed by atoms with Gasteiger partial charge in [0.15, 0.2) is 0 Å². The van der Waals surface area contributed by atoms with Crippen molar-refractivity contribution < 1.29 is 5.11 Å². The van der Waals surface area contributed by atoms with Crippen molar-refractivity contribution in [3.8, 4) is 0 Å². The van der Waals surface area contributed by atoms with Gasteiger partial charge in [-0.1, -0.05) is 0 Å². The van der Waals surface area contributed by atoms with Crippen molar-refractivity contribution in [3.63, 3.8) is 0 Å². The van der Waals surface area contributed by atoms with Gasteiger partial charge in [0.25, 0.3) is 0 Å². The summed E-state index contributed by atoms with van der Waals surface area (Å²) in [4.78, 5) is 2.64. The molecule has 2 nitrogen and oxygen atoms in total. The van der Waals surface area contributed by atoms with Crippen LogP contribution >= 0.6 is 0 Å². The maximum absolute atomic E-state index is 9.73. The van der Waals surface area contributed by atoms with Crippen LogP contribution in [0.15, 0.2) is 0 Å². The molecule has 1 N–H and O–H groups in total. The fourth-order valence-electron chi connectivity index (χ4n) is 2.82. The zero-order valence-corrected chi connectivity index (χ0v) is 10.2. The van der Waals surface area contributed by atoms with Gasteiger partial charge >= 0.3 is 0 Å². The Kier molecular flexibility index (Phi) is 3.68. The minimum atomic E-state index is -0.0378. The average Bonchev–Trinajstić information content (AvgIpc) is 2.97. The van der Waals surface area contributed by atoms with E-state index in [1.54, 1.807) is 0 Å². The normalized spacial score (nSPS) is 32.6. The van der Waals surface area contributed by atoms with Gasteiger partial charge in [-0.05, 0) is 58.3 Å². The van der Waals surface area contributed by atoms with Crippen LogP contribution in [-0.2, 0) is 0 Å². The summed E-state index contributed by atoms with van der Waals surface area (Å²) in [5, 5.41) is 9.73. The molecule has 0 amide bonds. The Morgan fingerprint density at radius 1 is 1.20 bits per heavy atom. The molecule has 0 aromatic carbocycles.